The molecule has 0 aliphatic rings. The monoisotopic (exact) mass is 297 g/mol. The molecular weight excluding hydrogens is 270 g/mol. The van der Waals surface area contributed by atoms with Gasteiger partial charge in [0.05, 0.1) is 7.11 Å². The summed E-state index contributed by atoms with van der Waals surface area (Å²) in [6.07, 6.45) is 0. The Morgan fingerprint density at radius 2 is 1.27 bits per heavy atom. The summed E-state index contributed by atoms with van der Waals surface area (Å²) in [6.45, 7) is 11.1. The third-order valence-corrected chi connectivity index (χ3v) is 3.88. The van der Waals surface area contributed by atoms with Crippen LogP contribution >= 0.6 is 0 Å². The maximum atomic E-state index is 5.25. The Labute approximate surface area is 134 Å². The quantitative estimate of drug-likeness (QED) is 0.734. The maximum absolute atomic E-state index is 5.25. The molecule has 0 N–H and O–H groups in total. The van der Waals surface area contributed by atoms with Gasteiger partial charge in [-0.25, -0.2) is 0 Å². The van der Waals surface area contributed by atoms with Crippen LogP contribution in [0.2, 0.25) is 0 Å². The van der Waals surface area contributed by atoms with E-state index in [0.717, 1.165) is 5.75 Å². The maximum Gasteiger partial charge on any atom is 0.119 e. The number of hydrogen-bond acceptors (Lipinski definition) is 2. The van der Waals surface area contributed by atoms with E-state index in [2.05, 4.69) is 75.9 Å². The highest BCUT2D eigenvalue weighted by molar-refractivity contribution is 5.65. The van der Waals surface area contributed by atoms with Crippen LogP contribution in [-0.4, -0.2) is 13.2 Å². The minimum Gasteiger partial charge on any atom is -0.497 e. The van der Waals surface area contributed by atoms with Gasteiger partial charge in [0.1, 0.15) is 5.75 Å². The van der Waals surface area contributed by atoms with E-state index in [9.17, 15) is 0 Å². The zero-order chi connectivity index (χ0) is 16.3. The first-order valence-electron chi connectivity index (χ1n) is 7.87. The molecular formula is C20H27NO. The second kappa shape index (κ2) is 6.43. The number of ether oxygens (including phenoxy) is 1. The van der Waals surface area contributed by atoms with E-state index in [1.54, 1.807) is 7.11 Å². The van der Waals surface area contributed by atoms with Crippen LogP contribution in [0.3, 0.4) is 0 Å². The Morgan fingerprint density at radius 1 is 0.818 bits per heavy atom. The number of nitrogens with zero attached hydrogens (tertiary/aromatic N) is 1. The van der Waals surface area contributed by atoms with Crippen molar-refractivity contribution in [2.75, 3.05) is 12.0 Å². The van der Waals surface area contributed by atoms with Gasteiger partial charge in [-0.1, -0.05) is 32.9 Å². The van der Waals surface area contributed by atoms with Crippen molar-refractivity contribution in [2.45, 2.75) is 46.1 Å². The lowest BCUT2D eigenvalue weighted by Crippen LogP contribution is -2.25. The van der Waals surface area contributed by atoms with Crippen molar-refractivity contribution in [3.05, 3.63) is 54.1 Å². The van der Waals surface area contributed by atoms with Gasteiger partial charge in [-0.2, -0.15) is 0 Å². The molecule has 0 aromatic heterocycles. The molecule has 118 valence electrons. The van der Waals surface area contributed by atoms with Crippen LogP contribution < -0.4 is 9.64 Å². The van der Waals surface area contributed by atoms with E-state index in [1.165, 1.54) is 16.9 Å². The first-order chi connectivity index (χ1) is 10.3. The Kier molecular flexibility index (Phi) is 4.80. The van der Waals surface area contributed by atoms with Crippen molar-refractivity contribution in [1.29, 1.82) is 0 Å². The Hall–Kier alpha value is -1.96. The van der Waals surface area contributed by atoms with Gasteiger partial charge in [0, 0.05) is 17.4 Å². The highest BCUT2D eigenvalue weighted by Crippen LogP contribution is 2.31. The van der Waals surface area contributed by atoms with Crippen LogP contribution in [0.1, 0.15) is 40.2 Å². The lowest BCUT2D eigenvalue weighted by Gasteiger charge is -2.30. The lowest BCUT2D eigenvalue weighted by molar-refractivity contribution is 0.415. The average molecular weight is 297 g/mol. The normalized spacial score (nSPS) is 11.6. The van der Waals surface area contributed by atoms with E-state index in [-0.39, 0.29) is 5.41 Å². The summed E-state index contributed by atoms with van der Waals surface area (Å²) in [6, 6.07) is 17.5. The lowest BCUT2D eigenvalue weighted by atomic mass is 9.87. The molecule has 0 radical (unpaired) electrons. The van der Waals surface area contributed by atoms with Gasteiger partial charge in [0.25, 0.3) is 0 Å². The summed E-state index contributed by atoms with van der Waals surface area (Å²) in [7, 11) is 1.69. The van der Waals surface area contributed by atoms with Crippen LogP contribution in [0.5, 0.6) is 5.75 Å². The number of methoxy groups -OCH3 is 1. The fourth-order valence-electron chi connectivity index (χ4n) is 2.61. The zero-order valence-electron chi connectivity index (χ0n) is 14.6. The zero-order valence-corrected chi connectivity index (χ0v) is 14.6. The summed E-state index contributed by atoms with van der Waals surface area (Å²) in [5, 5.41) is 0. The molecule has 0 spiro atoms. The van der Waals surface area contributed by atoms with E-state index in [4.69, 9.17) is 4.74 Å². The molecule has 22 heavy (non-hydrogen) atoms. The largest absolute Gasteiger partial charge is 0.497 e. The molecule has 2 rings (SSSR count). The van der Waals surface area contributed by atoms with Crippen molar-refractivity contribution in [3.8, 4) is 5.75 Å². The van der Waals surface area contributed by atoms with Gasteiger partial charge < -0.3 is 9.64 Å². The Bertz CT molecular complexity index is 591. The van der Waals surface area contributed by atoms with E-state index < -0.39 is 0 Å². The summed E-state index contributed by atoms with van der Waals surface area (Å²) < 4.78 is 5.25. The first kappa shape index (κ1) is 16.4. The van der Waals surface area contributed by atoms with Gasteiger partial charge >= 0.3 is 0 Å². The smallest absolute Gasteiger partial charge is 0.119 e. The van der Waals surface area contributed by atoms with Gasteiger partial charge in [-0.05, 0) is 61.2 Å². The highest BCUT2D eigenvalue weighted by Gasteiger charge is 2.16. The molecule has 0 fully saturated rings. The predicted octanol–water partition coefficient (Wildman–Crippen LogP) is 5.54. The van der Waals surface area contributed by atoms with Crippen LogP contribution in [0.15, 0.2) is 48.5 Å². The second-order valence-electron chi connectivity index (χ2n) is 6.96. The van der Waals surface area contributed by atoms with Gasteiger partial charge in [-0.3, -0.25) is 0 Å². The molecule has 2 aromatic rings. The Morgan fingerprint density at radius 3 is 1.64 bits per heavy atom. The van der Waals surface area contributed by atoms with Crippen LogP contribution in [-0.2, 0) is 5.41 Å². The molecule has 0 saturated heterocycles. The summed E-state index contributed by atoms with van der Waals surface area (Å²) in [4.78, 5) is 2.34. The summed E-state index contributed by atoms with van der Waals surface area (Å²) >= 11 is 0. The SMILES string of the molecule is COc1ccc(N(c2ccc(C(C)(C)C)cc2)C(C)C)cc1. The topological polar surface area (TPSA) is 12.5 Å². The third-order valence-electron chi connectivity index (χ3n) is 3.88. The number of hydrogen-bond donors (Lipinski definition) is 0. The van der Waals surface area contributed by atoms with E-state index in [1.807, 2.05) is 12.1 Å². The van der Waals surface area contributed by atoms with Crippen molar-refractivity contribution in [2.24, 2.45) is 0 Å². The van der Waals surface area contributed by atoms with Crippen molar-refractivity contribution >= 4 is 11.4 Å². The van der Waals surface area contributed by atoms with Gasteiger partial charge in [-0.15, -0.1) is 0 Å². The molecule has 0 amide bonds. The number of anilines is 2. The van der Waals surface area contributed by atoms with E-state index >= 15 is 0 Å². The number of rotatable bonds is 4. The minimum atomic E-state index is 0.182. The predicted molar refractivity (Wildman–Crippen MR) is 95.4 cm³/mol. The molecule has 2 nitrogen and oxygen atoms in total. The fraction of sp³-hybridized carbons (Fsp3) is 0.400. The molecule has 0 unspecified atom stereocenters. The fourth-order valence-corrected chi connectivity index (χ4v) is 2.61. The van der Waals surface area contributed by atoms with Crippen LogP contribution in [0, 0.1) is 0 Å². The molecule has 0 saturated carbocycles. The summed E-state index contributed by atoms with van der Waals surface area (Å²) in [5.41, 5.74) is 3.93. The highest BCUT2D eigenvalue weighted by atomic mass is 16.5. The second-order valence-corrected chi connectivity index (χ2v) is 6.96. The van der Waals surface area contributed by atoms with Crippen molar-refractivity contribution in [1.82, 2.24) is 0 Å². The minimum absolute atomic E-state index is 0.182. The Balaban J connectivity index is 2.35. The van der Waals surface area contributed by atoms with Gasteiger partial charge in [0.15, 0.2) is 0 Å². The van der Waals surface area contributed by atoms with E-state index in [0.29, 0.717) is 6.04 Å². The van der Waals surface area contributed by atoms with Gasteiger partial charge in [0.2, 0.25) is 0 Å². The molecule has 2 aromatic carbocycles. The number of benzene rings is 2. The van der Waals surface area contributed by atoms with Crippen molar-refractivity contribution in [3.63, 3.8) is 0 Å². The van der Waals surface area contributed by atoms with Crippen molar-refractivity contribution < 1.29 is 4.74 Å². The molecule has 0 atom stereocenters. The molecule has 2 heteroatoms. The third kappa shape index (κ3) is 3.62. The average Bonchev–Trinajstić information content (AvgIpc) is 2.47. The standard InChI is InChI=1S/C20H27NO/c1-15(2)21(18-11-13-19(22-6)14-12-18)17-9-7-16(8-10-17)20(3,4)5/h7-15H,1-6H3. The van der Waals surface area contributed by atoms with Crippen LogP contribution in [0.4, 0.5) is 11.4 Å². The molecule has 0 aliphatic carbocycles. The molecule has 0 heterocycles. The first-order valence-corrected chi connectivity index (χ1v) is 7.87. The summed E-state index contributed by atoms with van der Waals surface area (Å²) in [5.74, 6) is 0.885. The molecule has 0 aliphatic heterocycles. The molecule has 0 bridgehead atoms. The van der Waals surface area contributed by atoms with Crippen LogP contribution in [0.25, 0.3) is 0 Å².